The van der Waals surface area contributed by atoms with E-state index in [1.807, 2.05) is 0 Å². The first-order valence-electron chi connectivity index (χ1n) is 7.87. The summed E-state index contributed by atoms with van der Waals surface area (Å²) in [6.45, 7) is 8.91. The van der Waals surface area contributed by atoms with Crippen molar-refractivity contribution in [1.29, 1.82) is 0 Å². The molecule has 2 rings (SSSR count). The molecule has 0 atom stereocenters. The molecule has 1 saturated carbocycles. The van der Waals surface area contributed by atoms with Crippen LogP contribution in [0.4, 0.5) is 5.69 Å². The zero-order valence-electron chi connectivity index (χ0n) is 12.5. The molecule has 1 fully saturated rings. The molecular weight excluding hydrogens is 232 g/mol. The monoisotopic (exact) mass is 260 g/mol. The van der Waals surface area contributed by atoms with E-state index in [0.717, 1.165) is 32.1 Å². The predicted molar refractivity (Wildman–Crippen MR) is 83.5 cm³/mol. The Balaban J connectivity index is 1.86. The second-order valence-corrected chi connectivity index (χ2v) is 5.69. The first-order valence-corrected chi connectivity index (χ1v) is 7.87. The number of hydrogen-bond donors (Lipinski definition) is 1. The molecule has 106 valence electrons. The Kier molecular flexibility index (Phi) is 5.71. The Labute approximate surface area is 118 Å². The smallest absolute Gasteiger partial charge is 0.0343 e. The van der Waals surface area contributed by atoms with Crippen LogP contribution in [0.25, 0.3) is 0 Å². The quantitative estimate of drug-likeness (QED) is 0.793. The lowest BCUT2D eigenvalue weighted by Crippen LogP contribution is -2.22. The Morgan fingerprint density at radius 3 is 2.58 bits per heavy atom. The molecule has 19 heavy (non-hydrogen) atoms. The van der Waals surface area contributed by atoms with Crippen molar-refractivity contribution in [2.45, 2.75) is 46.1 Å². The molecule has 0 aliphatic heterocycles. The summed E-state index contributed by atoms with van der Waals surface area (Å²) in [5.41, 5.74) is 2.71. The second-order valence-electron chi connectivity index (χ2n) is 5.69. The average Bonchev–Trinajstić information content (AvgIpc) is 2.96. The highest BCUT2D eigenvalue weighted by atomic mass is 15.1. The molecule has 2 nitrogen and oxygen atoms in total. The minimum atomic E-state index is 0.895. The molecular formula is C17H28N2. The molecule has 1 N–H and O–H groups in total. The summed E-state index contributed by atoms with van der Waals surface area (Å²) in [5.74, 6) is 0.895. The summed E-state index contributed by atoms with van der Waals surface area (Å²) in [4.78, 5) is 2.45. The lowest BCUT2D eigenvalue weighted by Gasteiger charge is -2.19. The van der Waals surface area contributed by atoms with Crippen LogP contribution in [-0.2, 0) is 6.54 Å². The van der Waals surface area contributed by atoms with Gasteiger partial charge in [-0.2, -0.15) is 0 Å². The van der Waals surface area contributed by atoms with E-state index in [0.29, 0.717) is 0 Å². The fraction of sp³-hybridized carbons (Fsp3) is 0.647. The van der Waals surface area contributed by atoms with Crippen molar-refractivity contribution in [3.8, 4) is 0 Å². The summed E-state index contributed by atoms with van der Waals surface area (Å²) in [6.07, 6.45) is 5.67. The molecule has 0 unspecified atom stereocenters. The zero-order valence-corrected chi connectivity index (χ0v) is 12.5. The molecule has 1 aliphatic carbocycles. The van der Waals surface area contributed by atoms with E-state index in [2.05, 4.69) is 48.3 Å². The number of nitrogens with zero attached hydrogens (tertiary/aromatic N) is 1. The third-order valence-corrected chi connectivity index (χ3v) is 4.30. The van der Waals surface area contributed by atoms with Gasteiger partial charge in [-0.3, -0.25) is 4.90 Å². The van der Waals surface area contributed by atoms with Crippen molar-refractivity contribution in [3.63, 3.8) is 0 Å². The molecule has 1 aromatic rings. The fourth-order valence-electron chi connectivity index (χ4n) is 2.96. The van der Waals surface area contributed by atoms with E-state index in [9.17, 15) is 0 Å². The molecule has 2 heteroatoms. The van der Waals surface area contributed by atoms with E-state index in [1.165, 1.54) is 36.9 Å². The van der Waals surface area contributed by atoms with E-state index in [1.54, 1.807) is 0 Å². The van der Waals surface area contributed by atoms with Gasteiger partial charge in [-0.25, -0.2) is 0 Å². The third kappa shape index (κ3) is 4.54. The average molecular weight is 260 g/mol. The van der Waals surface area contributed by atoms with Crippen LogP contribution in [0.5, 0.6) is 0 Å². The molecule has 0 aromatic heterocycles. The van der Waals surface area contributed by atoms with Gasteiger partial charge in [0, 0.05) is 18.8 Å². The van der Waals surface area contributed by atoms with Gasteiger partial charge in [0.15, 0.2) is 0 Å². The Morgan fingerprint density at radius 1 is 1.16 bits per heavy atom. The van der Waals surface area contributed by atoms with Crippen molar-refractivity contribution in [2.24, 2.45) is 5.92 Å². The maximum absolute atomic E-state index is 3.62. The van der Waals surface area contributed by atoms with Crippen LogP contribution < -0.4 is 5.32 Å². The van der Waals surface area contributed by atoms with Crippen LogP contribution in [-0.4, -0.2) is 24.5 Å². The minimum absolute atomic E-state index is 0.895. The summed E-state index contributed by atoms with van der Waals surface area (Å²) in [5, 5.41) is 3.62. The van der Waals surface area contributed by atoms with E-state index in [4.69, 9.17) is 0 Å². The molecule has 0 radical (unpaired) electrons. The molecule has 1 aliphatic rings. The molecule has 0 spiro atoms. The van der Waals surface area contributed by atoms with Crippen molar-refractivity contribution in [2.75, 3.05) is 25.0 Å². The minimum Gasteiger partial charge on any atom is -0.385 e. The summed E-state index contributed by atoms with van der Waals surface area (Å²) < 4.78 is 0. The fourth-order valence-corrected chi connectivity index (χ4v) is 2.96. The summed E-state index contributed by atoms with van der Waals surface area (Å²) in [6, 6.07) is 8.92. The third-order valence-electron chi connectivity index (χ3n) is 4.30. The van der Waals surface area contributed by atoms with Gasteiger partial charge in [0.05, 0.1) is 0 Å². The van der Waals surface area contributed by atoms with Crippen molar-refractivity contribution in [3.05, 3.63) is 29.8 Å². The van der Waals surface area contributed by atoms with Crippen molar-refractivity contribution >= 4 is 5.69 Å². The van der Waals surface area contributed by atoms with Gasteiger partial charge >= 0.3 is 0 Å². The highest BCUT2D eigenvalue weighted by Gasteiger charge is 2.14. The van der Waals surface area contributed by atoms with Crippen LogP contribution >= 0.6 is 0 Å². The normalized spacial score (nSPS) is 16.2. The number of rotatable bonds is 7. The number of anilines is 1. The van der Waals surface area contributed by atoms with E-state index < -0.39 is 0 Å². The van der Waals surface area contributed by atoms with Crippen molar-refractivity contribution in [1.82, 2.24) is 4.90 Å². The molecule has 0 saturated heterocycles. The highest BCUT2D eigenvalue weighted by Crippen LogP contribution is 2.25. The Morgan fingerprint density at radius 2 is 1.89 bits per heavy atom. The Bertz CT molecular complexity index is 365. The largest absolute Gasteiger partial charge is 0.385 e. The van der Waals surface area contributed by atoms with Gasteiger partial charge in [0.25, 0.3) is 0 Å². The molecule has 0 amide bonds. The van der Waals surface area contributed by atoms with Gasteiger partial charge in [-0.05, 0) is 49.5 Å². The van der Waals surface area contributed by atoms with Crippen molar-refractivity contribution < 1.29 is 0 Å². The first kappa shape index (κ1) is 14.4. The predicted octanol–water partition coefficient (Wildman–Crippen LogP) is 4.13. The van der Waals surface area contributed by atoms with E-state index >= 15 is 0 Å². The van der Waals surface area contributed by atoms with Crippen LogP contribution in [0.3, 0.4) is 0 Å². The van der Waals surface area contributed by atoms with Gasteiger partial charge in [-0.15, -0.1) is 0 Å². The SMILES string of the molecule is CCN(CC)Cc1cccc(NCC2CCCC2)c1. The van der Waals surface area contributed by atoms with Crippen LogP contribution in [0.1, 0.15) is 45.1 Å². The lowest BCUT2D eigenvalue weighted by atomic mass is 10.1. The van der Waals surface area contributed by atoms with Crippen LogP contribution in [0, 0.1) is 5.92 Å². The topological polar surface area (TPSA) is 15.3 Å². The maximum atomic E-state index is 3.62. The van der Waals surface area contributed by atoms with Crippen LogP contribution in [0.15, 0.2) is 24.3 Å². The van der Waals surface area contributed by atoms with Gasteiger partial charge in [-0.1, -0.05) is 38.8 Å². The maximum Gasteiger partial charge on any atom is 0.0343 e. The summed E-state index contributed by atoms with van der Waals surface area (Å²) in [7, 11) is 0. The standard InChI is InChI=1S/C17H28N2/c1-3-19(4-2)14-16-10-7-11-17(12-16)18-13-15-8-5-6-9-15/h7,10-12,15,18H,3-6,8-9,13-14H2,1-2H3. The second kappa shape index (κ2) is 7.54. The lowest BCUT2D eigenvalue weighted by molar-refractivity contribution is 0.296. The highest BCUT2D eigenvalue weighted by molar-refractivity contribution is 5.45. The molecule has 0 bridgehead atoms. The summed E-state index contributed by atoms with van der Waals surface area (Å²) >= 11 is 0. The first-order chi connectivity index (χ1) is 9.31. The zero-order chi connectivity index (χ0) is 13.5. The Hall–Kier alpha value is -1.02. The molecule has 1 aromatic carbocycles. The van der Waals surface area contributed by atoms with Gasteiger partial charge in [0.2, 0.25) is 0 Å². The van der Waals surface area contributed by atoms with Crippen LogP contribution in [0.2, 0.25) is 0 Å². The van der Waals surface area contributed by atoms with Gasteiger partial charge in [0.1, 0.15) is 0 Å². The number of hydrogen-bond acceptors (Lipinski definition) is 2. The van der Waals surface area contributed by atoms with Gasteiger partial charge < -0.3 is 5.32 Å². The number of nitrogens with one attached hydrogen (secondary N) is 1. The van der Waals surface area contributed by atoms with E-state index in [-0.39, 0.29) is 0 Å². The molecule has 0 heterocycles. The number of benzene rings is 1.